The van der Waals surface area contributed by atoms with Gasteiger partial charge in [0.05, 0.1) is 57.8 Å². The third-order valence-corrected chi connectivity index (χ3v) is 9.85. The van der Waals surface area contributed by atoms with E-state index in [2.05, 4.69) is 20.5 Å². The molecule has 17 atom stereocenters. The van der Waals surface area contributed by atoms with E-state index in [9.17, 15) is 85.1 Å². The number of phosphoric acid groups is 1. The number of carbonyl (C=O) groups is 3. The van der Waals surface area contributed by atoms with Gasteiger partial charge in [0.15, 0.2) is 6.29 Å². The van der Waals surface area contributed by atoms with Gasteiger partial charge in [-0.15, -0.1) is 0 Å². The average Bonchev–Trinajstić information content (AvgIpc) is 3.16. The molecule has 0 saturated carbocycles. The van der Waals surface area contributed by atoms with Crippen LogP contribution in [0, 0.1) is 0 Å². The molecule has 58 heavy (non-hydrogen) atoms. The molecule has 2 saturated heterocycles. The molecule has 0 radical (unpaired) electrons. The lowest BCUT2D eigenvalue weighted by Crippen LogP contribution is -2.70. The number of aliphatic hydroxyl groups is 12. The average molecular weight is 874 g/mol. The van der Waals surface area contributed by atoms with Gasteiger partial charge in [-0.05, 0) is 0 Å². The second-order valence-corrected chi connectivity index (χ2v) is 14.9. The van der Waals surface area contributed by atoms with Crippen LogP contribution in [0.5, 0.6) is 0 Å². The zero-order valence-electron chi connectivity index (χ0n) is 31.3. The highest BCUT2D eigenvalue weighted by atomic mass is 31.2. The van der Waals surface area contributed by atoms with E-state index in [4.69, 9.17) is 28.6 Å². The fourth-order valence-corrected chi connectivity index (χ4v) is 6.70. The number of aliphatic carboxylic acids is 1. The van der Waals surface area contributed by atoms with E-state index in [1.54, 1.807) is 0 Å². The van der Waals surface area contributed by atoms with Crippen LogP contribution in [0.2, 0.25) is 0 Å². The smallest absolute Gasteiger partial charge is 0.472 e. The van der Waals surface area contributed by atoms with Gasteiger partial charge < -0.3 is 106 Å². The minimum Gasteiger partial charge on any atom is -0.477 e. The first-order valence-electron chi connectivity index (χ1n) is 17.7. The summed E-state index contributed by atoms with van der Waals surface area (Å²) in [6.07, 6.45) is -27.5. The van der Waals surface area contributed by atoms with Crippen LogP contribution in [0.4, 0.5) is 0 Å². The van der Waals surface area contributed by atoms with Gasteiger partial charge >= 0.3 is 13.8 Å². The molecule has 2 aliphatic rings. The SMILES string of the molecule is CC(=O)N[C@H]1[C@H]([C@H](O)[C@H](O)CO)O[C@@](O[C@H]2[C@@H](O)[C@@H](CO)O[C@@H](O[C@@H]([C@H](O)[C@H](CNCCOP(=O)(O)OCC(O)CO)NC(C)=O)[C@H](O)CO)[C@@H]2O)(C(=O)O)C[C@@H]1O. The number of aliphatic hydroxyl groups excluding tert-OH is 12. The molecule has 28 heteroatoms. The standard InChI is InChI=1S/C30H56N3O24P/c1-12(38)32-15(6-31-3-4-52-58(50,51)53-11-14(40)7-34)21(44)25(18(43)9-36)55-28-24(47)27(23(46)19(10-37)54-28)57-30(29(48)49)5-16(41)20(33-13(2)39)26(56-30)22(45)17(42)8-35/h14-28,31,34-37,40-47H,3-11H2,1-2H3,(H,32,38)(H,33,39)(H,48,49)(H,50,51)/t14?,15-,16-,17+,18+,19+,20+,21+,22+,23-,24+,25+,26+,27-,28-,30-/m0/s1. The van der Waals surface area contributed by atoms with Crippen molar-refractivity contribution in [1.82, 2.24) is 16.0 Å². The fourth-order valence-electron chi connectivity index (χ4n) is 5.94. The van der Waals surface area contributed by atoms with Crippen LogP contribution in [0.25, 0.3) is 0 Å². The van der Waals surface area contributed by atoms with Gasteiger partial charge in [-0.3, -0.25) is 18.6 Å². The van der Waals surface area contributed by atoms with Crippen LogP contribution in [0.1, 0.15) is 20.3 Å². The molecular formula is C30H56N3O24P. The van der Waals surface area contributed by atoms with Crippen molar-refractivity contribution in [2.24, 2.45) is 0 Å². The molecule has 0 aliphatic carbocycles. The van der Waals surface area contributed by atoms with Crippen molar-refractivity contribution >= 4 is 25.6 Å². The fraction of sp³-hybridized carbons (Fsp3) is 0.900. The number of phosphoric ester groups is 1. The molecule has 0 aromatic carbocycles. The number of amides is 2. The monoisotopic (exact) mass is 873 g/mol. The number of hydrogen-bond donors (Lipinski definition) is 17. The zero-order valence-corrected chi connectivity index (χ0v) is 32.2. The van der Waals surface area contributed by atoms with Crippen LogP contribution in [0.3, 0.4) is 0 Å². The van der Waals surface area contributed by atoms with E-state index in [-0.39, 0.29) is 6.54 Å². The van der Waals surface area contributed by atoms with Crippen LogP contribution >= 0.6 is 7.82 Å². The Labute approximate surface area is 330 Å². The Morgan fingerprint density at radius 3 is 2.09 bits per heavy atom. The Morgan fingerprint density at radius 2 is 1.55 bits per heavy atom. The second-order valence-electron chi connectivity index (χ2n) is 13.5. The van der Waals surface area contributed by atoms with Crippen molar-refractivity contribution in [3.05, 3.63) is 0 Å². The number of ether oxygens (including phenoxy) is 4. The molecule has 0 aromatic heterocycles. The molecule has 340 valence electrons. The Bertz CT molecular complexity index is 1340. The molecule has 2 heterocycles. The van der Waals surface area contributed by atoms with Crippen LogP contribution < -0.4 is 16.0 Å². The molecule has 2 rings (SSSR count). The number of rotatable bonds is 25. The third kappa shape index (κ3) is 14.5. The van der Waals surface area contributed by atoms with E-state index in [1.165, 1.54) is 0 Å². The maximum Gasteiger partial charge on any atom is 0.472 e. The minimum absolute atomic E-state index is 0.253. The van der Waals surface area contributed by atoms with Crippen LogP contribution in [-0.2, 0) is 46.9 Å². The van der Waals surface area contributed by atoms with Gasteiger partial charge in [-0.1, -0.05) is 0 Å². The lowest BCUT2D eigenvalue weighted by Gasteiger charge is -2.50. The van der Waals surface area contributed by atoms with Crippen molar-refractivity contribution in [3.8, 4) is 0 Å². The minimum atomic E-state index is -4.68. The van der Waals surface area contributed by atoms with Crippen LogP contribution in [-0.4, -0.2) is 239 Å². The lowest BCUT2D eigenvalue weighted by molar-refractivity contribution is -0.376. The van der Waals surface area contributed by atoms with Crippen molar-refractivity contribution in [3.63, 3.8) is 0 Å². The Morgan fingerprint density at radius 1 is 0.914 bits per heavy atom. The molecule has 0 aromatic rings. The second kappa shape index (κ2) is 23.7. The molecule has 0 bridgehead atoms. The number of carboxylic acids is 1. The normalized spacial score (nSPS) is 32.5. The highest BCUT2D eigenvalue weighted by Gasteiger charge is 2.59. The Kier molecular flexibility index (Phi) is 21.3. The molecule has 2 amide bonds. The third-order valence-electron chi connectivity index (χ3n) is 8.87. The molecule has 27 nitrogen and oxygen atoms in total. The van der Waals surface area contributed by atoms with Gasteiger partial charge in [0.25, 0.3) is 5.79 Å². The first-order valence-corrected chi connectivity index (χ1v) is 19.2. The maximum absolute atomic E-state index is 12.8. The van der Waals surface area contributed by atoms with E-state index < -0.39 is 176 Å². The van der Waals surface area contributed by atoms with E-state index >= 15 is 0 Å². The molecule has 2 unspecified atom stereocenters. The number of carboxylic acid groups (broad SMARTS) is 1. The van der Waals surface area contributed by atoms with Crippen molar-refractivity contribution in [2.45, 2.75) is 118 Å². The number of nitrogens with one attached hydrogen (secondary N) is 3. The van der Waals surface area contributed by atoms with Gasteiger partial charge in [0.1, 0.15) is 67.1 Å². The Balaban J connectivity index is 2.37. The topological polar surface area (TPSA) is 443 Å². The van der Waals surface area contributed by atoms with Crippen LogP contribution in [0.15, 0.2) is 0 Å². The van der Waals surface area contributed by atoms with Crippen molar-refractivity contribution in [2.75, 3.05) is 52.7 Å². The highest BCUT2D eigenvalue weighted by Crippen LogP contribution is 2.43. The van der Waals surface area contributed by atoms with Gasteiger partial charge in [-0.25, -0.2) is 9.36 Å². The summed E-state index contributed by atoms with van der Waals surface area (Å²) in [4.78, 5) is 46.4. The highest BCUT2D eigenvalue weighted by molar-refractivity contribution is 7.47. The van der Waals surface area contributed by atoms with Gasteiger partial charge in [-0.2, -0.15) is 0 Å². The summed E-state index contributed by atoms with van der Waals surface area (Å²) in [7, 11) is -4.68. The number of carbonyl (C=O) groups excluding carboxylic acids is 2. The predicted octanol–water partition coefficient (Wildman–Crippen LogP) is -9.36. The lowest BCUT2D eigenvalue weighted by atomic mass is 9.88. The summed E-state index contributed by atoms with van der Waals surface area (Å²) >= 11 is 0. The molecule has 0 spiro atoms. The summed E-state index contributed by atoms with van der Waals surface area (Å²) in [6, 6.07) is -3.05. The molecule has 17 N–H and O–H groups in total. The predicted molar refractivity (Wildman–Crippen MR) is 184 cm³/mol. The van der Waals surface area contributed by atoms with E-state index in [0.717, 1.165) is 13.8 Å². The molecule has 2 aliphatic heterocycles. The van der Waals surface area contributed by atoms with Crippen molar-refractivity contribution in [1.29, 1.82) is 0 Å². The number of hydrogen-bond acceptors (Lipinski definition) is 23. The summed E-state index contributed by atoms with van der Waals surface area (Å²) in [5, 5.41) is 141. The summed E-state index contributed by atoms with van der Waals surface area (Å²) < 4.78 is 43.4. The first kappa shape index (κ1) is 52.0. The Hall–Kier alpha value is -2.16. The van der Waals surface area contributed by atoms with Crippen molar-refractivity contribution < 1.29 is 118 Å². The summed E-state index contributed by atoms with van der Waals surface area (Å²) in [5.74, 6) is -6.71. The maximum atomic E-state index is 12.8. The van der Waals surface area contributed by atoms with Gasteiger partial charge in [0.2, 0.25) is 11.8 Å². The quantitative estimate of drug-likeness (QED) is 0.0299. The molecular weight excluding hydrogens is 817 g/mol. The largest absolute Gasteiger partial charge is 0.477 e. The zero-order chi connectivity index (χ0) is 44.1. The first-order chi connectivity index (χ1) is 27.1. The summed E-state index contributed by atoms with van der Waals surface area (Å²) in [5.41, 5.74) is 0. The summed E-state index contributed by atoms with van der Waals surface area (Å²) in [6.45, 7) is -3.92. The van der Waals surface area contributed by atoms with E-state index in [1.807, 2.05) is 0 Å². The molecule has 2 fully saturated rings. The van der Waals surface area contributed by atoms with E-state index in [0.29, 0.717) is 0 Å². The van der Waals surface area contributed by atoms with Gasteiger partial charge in [0, 0.05) is 33.4 Å².